The van der Waals surface area contributed by atoms with Gasteiger partial charge in [0.1, 0.15) is 11.5 Å². The van der Waals surface area contributed by atoms with Crippen molar-refractivity contribution in [3.63, 3.8) is 0 Å². The Morgan fingerprint density at radius 2 is 1.90 bits per heavy atom. The number of likely N-dealkylation sites (tertiary alicyclic amines) is 2. The highest BCUT2D eigenvalue weighted by Gasteiger charge is 2.31. The molecule has 1 unspecified atom stereocenters. The van der Waals surface area contributed by atoms with Gasteiger partial charge in [0.15, 0.2) is 5.82 Å². The highest BCUT2D eigenvalue weighted by atomic mass is 19.3. The fourth-order valence-corrected chi connectivity index (χ4v) is 4.64. The molecule has 2 aromatic heterocycles. The molecule has 1 atom stereocenters. The number of nitrogens with zero attached hydrogens (tertiary/aromatic N) is 7. The topological polar surface area (TPSA) is 55.0 Å². The van der Waals surface area contributed by atoms with Crippen molar-refractivity contribution < 1.29 is 8.78 Å². The molecule has 166 valence electrons. The van der Waals surface area contributed by atoms with Crippen molar-refractivity contribution in [3.8, 4) is 5.69 Å². The van der Waals surface area contributed by atoms with E-state index in [1.54, 1.807) is 6.20 Å². The highest BCUT2D eigenvalue weighted by Crippen LogP contribution is 2.31. The van der Waals surface area contributed by atoms with Gasteiger partial charge in [-0.15, -0.1) is 0 Å². The first kappa shape index (κ1) is 21.4. The molecule has 2 fully saturated rings. The molecule has 2 aliphatic rings. The molecule has 0 spiro atoms. The van der Waals surface area contributed by atoms with E-state index in [0.717, 1.165) is 69.2 Å². The molecule has 2 aliphatic heterocycles. The molecule has 4 rings (SSSR count). The SMILES string of the molecule is CCn1cc(-n2nc(CCN3CCCCC3)nc2C2CCCCN2CC(F)F)cn1. The zero-order valence-electron chi connectivity index (χ0n) is 17.9. The van der Waals surface area contributed by atoms with Crippen LogP contribution in [0.2, 0.25) is 0 Å². The van der Waals surface area contributed by atoms with Crippen LogP contribution in [-0.4, -0.2) is 73.5 Å². The van der Waals surface area contributed by atoms with Crippen molar-refractivity contribution in [2.75, 3.05) is 32.7 Å². The Kier molecular flexibility index (Phi) is 7.09. The van der Waals surface area contributed by atoms with E-state index in [-0.39, 0.29) is 12.6 Å². The van der Waals surface area contributed by atoms with Gasteiger partial charge < -0.3 is 4.90 Å². The molecular weight excluding hydrogens is 388 g/mol. The van der Waals surface area contributed by atoms with Gasteiger partial charge in [0.05, 0.1) is 25.0 Å². The minimum absolute atomic E-state index is 0.131. The molecule has 9 heteroatoms. The number of halogens is 2. The van der Waals surface area contributed by atoms with E-state index < -0.39 is 6.43 Å². The lowest BCUT2D eigenvalue weighted by Crippen LogP contribution is -2.38. The summed E-state index contributed by atoms with van der Waals surface area (Å²) >= 11 is 0. The summed E-state index contributed by atoms with van der Waals surface area (Å²) in [5.74, 6) is 1.57. The van der Waals surface area contributed by atoms with E-state index in [9.17, 15) is 8.78 Å². The lowest BCUT2D eigenvalue weighted by atomic mass is 10.0. The summed E-state index contributed by atoms with van der Waals surface area (Å²) in [6.45, 7) is 6.50. The van der Waals surface area contributed by atoms with Crippen LogP contribution in [0.25, 0.3) is 5.69 Å². The van der Waals surface area contributed by atoms with Crippen LogP contribution in [0.4, 0.5) is 8.78 Å². The summed E-state index contributed by atoms with van der Waals surface area (Å²) in [5.41, 5.74) is 0.853. The molecule has 0 N–H and O–H groups in total. The minimum Gasteiger partial charge on any atom is -0.303 e. The molecule has 30 heavy (non-hydrogen) atoms. The molecule has 2 aromatic rings. The number of aromatic nitrogens is 5. The van der Waals surface area contributed by atoms with Crippen LogP contribution in [0.5, 0.6) is 0 Å². The fourth-order valence-electron chi connectivity index (χ4n) is 4.64. The van der Waals surface area contributed by atoms with Crippen molar-refractivity contribution >= 4 is 0 Å². The first-order valence-electron chi connectivity index (χ1n) is 11.4. The Labute approximate surface area is 177 Å². The minimum atomic E-state index is -2.34. The Morgan fingerprint density at radius 3 is 2.63 bits per heavy atom. The summed E-state index contributed by atoms with van der Waals surface area (Å²) in [7, 11) is 0. The average molecular weight is 422 g/mol. The van der Waals surface area contributed by atoms with Crippen molar-refractivity contribution in [1.82, 2.24) is 34.3 Å². The van der Waals surface area contributed by atoms with Gasteiger partial charge in [-0.05, 0) is 52.2 Å². The summed E-state index contributed by atoms with van der Waals surface area (Å²) in [4.78, 5) is 9.25. The molecule has 0 bridgehead atoms. The van der Waals surface area contributed by atoms with Crippen LogP contribution in [0.15, 0.2) is 12.4 Å². The normalized spacial score (nSPS) is 21.5. The predicted octanol–water partition coefficient (Wildman–Crippen LogP) is 3.30. The molecule has 0 saturated carbocycles. The summed E-state index contributed by atoms with van der Waals surface area (Å²) in [5, 5.41) is 9.19. The standard InChI is InChI=1S/C21H33F2N7/c1-2-29-15-17(14-24-29)30-21(18-8-4-7-12-28(18)16-19(22)23)25-20(26-30)9-13-27-10-5-3-6-11-27/h14-15,18-19H,2-13,16H2,1H3. The first-order chi connectivity index (χ1) is 14.6. The Bertz CT molecular complexity index is 797. The quantitative estimate of drug-likeness (QED) is 0.655. The molecule has 4 heterocycles. The second kappa shape index (κ2) is 9.96. The first-order valence-corrected chi connectivity index (χ1v) is 11.4. The lowest BCUT2D eigenvalue weighted by Gasteiger charge is -2.34. The van der Waals surface area contributed by atoms with Gasteiger partial charge in [0.2, 0.25) is 0 Å². The third-order valence-electron chi connectivity index (χ3n) is 6.25. The summed E-state index contributed by atoms with van der Waals surface area (Å²) < 4.78 is 30.1. The van der Waals surface area contributed by atoms with Crippen molar-refractivity contribution in [3.05, 3.63) is 24.0 Å². The van der Waals surface area contributed by atoms with Crippen molar-refractivity contribution in [2.24, 2.45) is 0 Å². The van der Waals surface area contributed by atoms with Crippen LogP contribution in [-0.2, 0) is 13.0 Å². The zero-order valence-corrected chi connectivity index (χ0v) is 17.9. The number of rotatable bonds is 8. The van der Waals surface area contributed by atoms with Crippen molar-refractivity contribution in [1.29, 1.82) is 0 Å². The smallest absolute Gasteiger partial charge is 0.251 e. The Morgan fingerprint density at radius 1 is 1.10 bits per heavy atom. The summed E-state index contributed by atoms with van der Waals surface area (Å²) in [6.07, 6.45) is 8.81. The number of piperidine rings is 2. The second-order valence-corrected chi connectivity index (χ2v) is 8.40. The zero-order chi connectivity index (χ0) is 20.9. The fraction of sp³-hybridized carbons (Fsp3) is 0.762. The van der Waals surface area contributed by atoms with Crippen LogP contribution in [0, 0.1) is 0 Å². The van der Waals surface area contributed by atoms with E-state index in [1.165, 1.54) is 19.3 Å². The van der Waals surface area contributed by atoms with Crippen LogP contribution in [0.3, 0.4) is 0 Å². The maximum atomic E-state index is 13.2. The van der Waals surface area contributed by atoms with E-state index >= 15 is 0 Å². The van der Waals surface area contributed by atoms with Crippen LogP contribution in [0.1, 0.15) is 63.1 Å². The van der Waals surface area contributed by atoms with Crippen LogP contribution >= 0.6 is 0 Å². The van der Waals surface area contributed by atoms with Gasteiger partial charge in [-0.3, -0.25) is 9.58 Å². The molecule has 0 radical (unpaired) electrons. The van der Waals surface area contributed by atoms with Crippen LogP contribution < -0.4 is 0 Å². The van der Waals surface area contributed by atoms with E-state index in [2.05, 4.69) is 10.00 Å². The predicted molar refractivity (Wildman–Crippen MR) is 111 cm³/mol. The van der Waals surface area contributed by atoms with Crippen molar-refractivity contribution in [2.45, 2.75) is 70.9 Å². The van der Waals surface area contributed by atoms with Gasteiger partial charge in [-0.25, -0.2) is 18.4 Å². The van der Waals surface area contributed by atoms with Gasteiger partial charge in [-0.2, -0.15) is 10.2 Å². The Hall–Kier alpha value is -1.87. The van der Waals surface area contributed by atoms with E-state index in [0.29, 0.717) is 6.54 Å². The molecule has 0 aliphatic carbocycles. The second-order valence-electron chi connectivity index (χ2n) is 8.40. The van der Waals surface area contributed by atoms with E-state index in [4.69, 9.17) is 10.1 Å². The molecular formula is C21H33F2N7. The van der Waals surface area contributed by atoms with Gasteiger partial charge in [-0.1, -0.05) is 12.8 Å². The third kappa shape index (κ3) is 5.06. The molecule has 0 amide bonds. The summed E-state index contributed by atoms with van der Waals surface area (Å²) in [6, 6.07) is -0.131. The van der Waals surface area contributed by atoms with Gasteiger partial charge >= 0.3 is 0 Å². The monoisotopic (exact) mass is 421 g/mol. The maximum Gasteiger partial charge on any atom is 0.251 e. The number of hydrogen-bond donors (Lipinski definition) is 0. The molecule has 2 saturated heterocycles. The molecule has 0 aromatic carbocycles. The molecule has 7 nitrogen and oxygen atoms in total. The highest BCUT2D eigenvalue weighted by molar-refractivity contribution is 5.27. The average Bonchev–Trinajstić information content (AvgIpc) is 3.40. The largest absolute Gasteiger partial charge is 0.303 e. The maximum absolute atomic E-state index is 13.2. The van der Waals surface area contributed by atoms with Gasteiger partial charge in [0.25, 0.3) is 6.43 Å². The number of aryl methyl sites for hydroxylation is 1. The van der Waals surface area contributed by atoms with E-state index in [1.807, 2.05) is 27.4 Å². The third-order valence-corrected chi connectivity index (χ3v) is 6.25. The van der Waals surface area contributed by atoms with Gasteiger partial charge in [0, 0.05) is 19.5 Å². The number of hydrogen-bond acceptors (Lipinski definition) is 5. The lowest BCUT2D eigenvalue weighted by molar-refractivity contribution is 0.0456. The Balaban J connectivity index is 1.59. The number of alkyl halides is 2.